The number of hydrogen-bond donors (Lipinski definition) is 2. The van der Waals surface area contributed by atoms with Gasteiger partial charge in [0, 0.05) is 29.1 Å². The molecule has 0 radical (unpaired) electrons. The number of carbonyl (C=O) groups excluding carboxylic acids is 1. The third-order valence-electron chi connectivity index (χ3n) is 7.07. The van der Waals surface area contributed by atoms with Crippen LogP contribution in [0.2, 0.25) is 0 Å². The van der Waals surface area contributed by atoms with Crippen molar-refractivity contribution in [3.8, 4) is 0 Å². The van der Waals surface area contributed by atoms with Gasteiger partial charge in [-0.05, 0) is 79.6 Å². The zero-order valence-corrected chi connectivity index (χ0v) is 20.7. The van der Waals surface area contributed by atoms with Gasteiger partial charge in [-0.15, -0.1) is 0 Å². The summed E-state index contributed by atoms with van der Waals surface area (Å²) >= 11 is 0. The average Bonchev–Trinajstić information content (AvgIpc) is 3.14. The summed E-state index contributed by atoms with van der Waals surface area (Å²) < 4.78 is 95.0. The van der Waals surface area contributed by atoms with E-state index in [0.29, 0.717) is 59.6 Å². The van der Waals surface area contributed by atoms with E-state index in [4.69, 9.17) is 0 Å². The summed E-state index contributed by atoms with van der Waals surface area (Å²) in [6.45, 7) is 1.72. The molecular weight excluding hydrogens is 533 g/mol. The summed E-state index contributed by atoms with van der Waals surface area (Å²) in [5.74, 6) is -2.19. The maximum absolute atomic E-state index is 14.1. The third kappa shape index (κ3) is 5.89. The summed E-state index contributed by atoms with van der Waals surface area (Å²) in [6, 6.07) is 3.85. The standard InChI is InChI=1S/C27H25F7N2O3/c1-2-21(25(38)39)36-22-8-5-16(28)12-18(22)19-13-17(6-9-23(19)36)35-24(37)10-3-14-11-15(26(29,30)31)4-7-20(14)27(32,33)34/h4-5,7-8,11-12,17,21H,2-3,6,9-10,13H2,1H3,(H,35,37)(H,38,39)/t17-,21?/m0/s1. The van der Waals surface area contributed by atoms with Gasteiger partial charge in [0.05, 0.1) is 11.1 Å². The van der Waals surface area contributed by atoms with E-state index < -0.39 is 71.7 Å². The highest BCUT2D eigenvalue weighted by Gasteiger charge is 2.37. The number of aromatic nitrogens is 1. The minimum absolute atomic E-state index is 0.238. The normalized spacial score (nSPS) is 16.7. The lowest BCUT2D eigenvalue weighted by Gasteiger charge is -2.26. The summed E-state index contributed by atoms with van der Waals surface area (Å²) in [5, 5.41) is 13.0. The molecule has 5 nitrogen and oxygen atoms in total. The van der Waals surface area contributed by atoms with Crippen molar-refractivity contribution >= 4 is 22.8 Å². The van der Waals surface area contributed by atoms with Crippen LogP contribution in [0, 0.1) is 5.82 Å². The summed E-state index contributed by atoms with van der Waals surface area (Å²) in [4.78, 5) is 24.5. The van der Waals surface area contributed by atoms with Crippen LogP contribution in [0.15, 0.2) is 36.4 Å². The smallest absolute Gasteiger partial charge is 0.416 e. The molecule has 1 aliphatic rings. The van der Waals surface area contributed by atoms with Crippen LogP contribution in [0.25, 0.3) is 10.9 Å². The van der Waals surface area contributed by atoms with E-state index in [0.717, 1.165) is 0 Å². The van der Waals surface area contributed by atoms with Gasteiger partial charge in [0.25, 0.3) is 0 Å². The lowest BCUT2D eigenvalue weighted by molar-refractivity contribution is -0.141. The molecule has 0 bridgehead atoms. The van der Waals surface area contributed by atoms with Crippen LogP contribution in [0.1, 0.15) is 60.2 Å². The van der Waals surface area contributed by atoms with Gasteiger partial charge in [-0.2, -0.15) is 26.3 Å². The Morgan fingerprint density at radius 3 is 2.41 bits per heavy atom. The van der Waals surface area contributed by atoms with E-state index >= 15 is 0 Å². The van der Waals surface area contributed by atoms with Gasteiger partial charge in [0.15, 0.2) is 0 Å². The molecule has 0 spiro atoms. The van der Waals surface area contributed by atoms with Crippen molar-refractivity contribution in [3.05, 3.63) is 70.2 Å². The maximum Gasteiger partial charge on any atom is 0.416 e. The number of amides is 1. The molecule has 210 valence electrons. The minimum atomic E-state index is -4.88. The second kappa shape index (κ2) is 10.5. The molecule has 0 fully saturated rings. The fourth-order valence-electron chi connectivity index (χ4n) is 5.31. The van der Waals surface area contributed by atoms with Crippen LogP contribution in [0.3, 0.4) is 0 Å². The highest BCUT2D eigenvalue weighted by Crippen LogP contribution is 2.38. The van der Waals surface area contributed by atoms with E-state index in [1.807, 2.05) is 0 Å². The van der Waals surface area contributed by atoms with Crippen molar-refractivity contribution in [1.82, 2.24) is 9.88 Å². The molecule has 1 aliphatic carbocycles. The molecule has 0 saturated heterocycles. The molecule has 1 aromatic heterocycles. The fourth-order valence-corrected chi connectivity index (χ4v) is 5.31. The van der Waals surface area contributed by atoms with Crippen molar-refractivity contribution in [1.29, 1.82) is 0 Å². The SMILES string of the molecule is CCC(C(=O)O)n1c2c(c3cc(F)ccc31)C[C@@H](NC(=O)CCc1cc(C(F)(F)F)ccc1C(F)(F)F)CC2. The lowest BCUT2D eigenvalue weighted by Crippen LogP contribution is -2.39. The lowest BCUT2D eigenvalue weighted by atomic mass is 9.91. The van der Waals surface area contributed by atoms with Crippen LogP contribution in [0.5, 0.6) is 0 Å². The van der Waals surface area contributed by atoms with Crippen molar-refractivity contribution in [2.45, 2.75) is 69.9 Å². The van der Waals surface area contributed by atoms with E-state index in [-0.39, 0.29) is 6.42 Å². The first kappa shape index (κ1) is 28.4. The van der Waals surface area contributed by atoms with Crippen LogP contribution in [-0.2, 0) is 41.2 Å². The molecule has 3 aromatic rings. The Hall–Kier alpha value is -3.57. The van der Waals surface area contributed by atoms with Gasteiger partial charge >= 0.3 is 18.3 Å². The number of carbonyl (C=O) groups is 2. The number of carboxylic acid groups (broad SMARTS) is 1. The number of halogens is 7. The zero-order chi connectivity index (χ0) is 28.7. The highest BCUT2D eigenvalue weighted by atomic mass is 19.4. The average molecular weight is 558 g/mol. The number of fused-ring (bicyclic) bond motifs is 3. The number of hydrogen-bond acceptors (Lipinski definition) is 2. The van der Waals surface area contributed by atoms with Crippen LogP contribution < -0.4 is 5.32 Å². The first-order valence-electron chi connectivity index (χ1n) is 12.3. The number of alkyl halides is 6. The van der Waals surface area contributed by atoms with Crippen molar-refractivity contribution in [2.75, 3.05) is 0 Å². The zero-order valence-electron chi connectivity index (χ0n) is 20.7. The summed E-state index contributed by atoms with van der Waals surface area (Å²) in [7, 11) is 0. The van der Waals surface area contributed by atoms with E-state index in [9.17, 15) is 45.4 Å². The fraction of sp³-hybridized carbons (Fsp3) is 0.407. The summed E-state index contributed by atoms with van der Waals surface area (Å²) in [5.41, 5.74) is -1.15. The Morgan fingerprint density at radius 1 is 1.08 bits per heavy atom. The minimum Gasteiger partial charge on any atom is -0.480 e. The molecule has 39 heavy (non-hydrogen) atoms. The molecule has 0 aliphatic heterocycles. The predicted molar refractivity (Wildman–Crippen MR) is 128 cm³/mol. The Morgan fingerprint density at radius 2 is 1.79 bits per heavy atom. The number of aryl methyl sites for hydroxylation is 1. The molecule has 1 amide bonds. The molecule has 2 N–H and O–H groups in total. The second-order valence-corrected chi connectivity index (χ2v) is 9.59. The second-order valence-electron chi connectivity index (χ2n) is 9.59. The molecule has 1 heterocycles. The van der Waals surface area contributed by atoms with Gasteiger partial charge in [-0.3, -0.25) is 4.79 Å². The van der Waals surface area contributed by atoms with Crippen LogP contribution in [0.4, 0.5) is 30.7 Å². The number of nitrogens with zero attached hydrogens (tertiary/aromatic N) is 1. The first-order valence-corrected chi connectivity index (χ1v) is 12.3. The first-order chi connectivity index (χ1) is 18.2. The third-order valence-corrected chi connectivity index (χ3v) is 7.07. The van der Waals surface area contributed by atoms with E-state index in [2.05, 4.69) is 5.32 Å². The quantitative estimate of drug-likeness (QED) is 0.327. The number of benzene rings is 2. The van der Waals surface area contributed by atoms with Crippen LogP contribution in [-0.4, -0.2) is 27.6 Å². The van der Waals surface area contributed by atoms with Gasteiger partial charge in [-0.25, -0.2) is 9.18 Å². The Balaban J connectivity index is 1.54. The van der Waals surface area contributed by atoms with Crippen molar-refractivity contribution in [2.24, 2.45) is 0 Å². The Kier molecular flexibility index (Phi) is 7.68. The number of carboxylic acids is 1. The van der Waals surface area contributed by atoms with Crippen molar-refractivity contribution < 1.29 is 45.4 Å². The molecule has 2 aromatic carbocycles. The van der Waals surface area contributed by atoms with Crippen molar-refractivity contribution in [3.63, 3.8) is 0 Å². The molecule has 12 heteroatoms. The largest absolute Gasteiger partial charge is 0.480 e. The molecule has 4 rings (SSSR count). The number of nitrogens with one attached hydrogen (secondary N) is 1. The number of aliphatic carboxylic acids is 1. The predicted octanol–water partition coefficient (Wildman–Crippen LogP) is 6.46. The highest BCUT2D eigenvalue weighted by molar-refractivity contribution is 5.88. The van der Waals surface area contributed by atoms with Gasteiger partial charge in [0.1, 0.15) is 11.9 Å². The molecular formula is C27H25F7N2O3. The van der Waals surface area contributed by atoms with Gasteiger partial charge in [-0.1, -0.05) is 6.92 Å². The number of rotatable bonds is 7. The van der Waals surface area contributed by atoms with E-state index in [1.54, 1.807) is 11.5 Å². The Labute approximate surface area is 218 Å². The van der Waals surface area contributed by atoms with Gasteiger partial charge < -0.3 is 15.0 Å². The topological polar surface area (TPSA) is 71.3 Å². The Bertz CT molecular complexity index is 1410. The monoisotopic (exact) mass is 558 g/mol. The maximum atomic E-state index is 14.1. The molecule has 0 saturated carbocycles. The molecule has 1 unspecified atom stereocenters. The van der Waals surface area contributed by atoms with Gasteiger partial charge in [0.2, 0.25) is 5.91 Å². The summed E-state index contributed by atoms with van der Waals surface area (Å²) in [6.07, 6.45) is -9.45. The molecule has 2 atom stereocenters. The van der Waals surface area contributed by atoms with E-state index in [1.165, 1.54) is 18.2 Å². The van der Waals surface area contributed by atoms with Crippen LogP contribution >= 0.6 is 0 Å².